The van der Waals surface area contributed by atoms with Gasteiger partial charge in [0.05, 0.1) is 18.7 Å². The van der Waals surface area contributed by atoms with E-state index in [1.165, 1.54) is 23.6 Å². The van der Waals surface area contributed by atoms with Crippen LogP contribution < -0.4 is 10.6 Å². The Morgan fingerprint density at radius 2 is 2.12 bits per heavy atom. The van der Waals surface area contributed by atoms with Crippen molar-refractivity contribution in [2.75, 3.05) is 12.9 Å². The predicted molar refractivity (Wildman–Crippen MR) is 94.4 cm³/mol. The Hall–Kier alpha value is -2.59. The number of nitrogens with zero attached hydrogens (tertiary/aromatic N) is 4. The molecule has 0 fully saturated rings. The van der Waals surface area contributed by atoms with E-state index in [1.807, 2.05) is 0 Å². The maximum absolute atomic E-state index is 12.4. The fourth-order valence-electron chi connectivity index (χ4n) is 2.47. The van der Waals surface area contributed by atoms with Crippen LogP contribution in [0.3, 0.4) is 0 Å². The Kier molecular flexibility index (Phi) is 5.43. The zero-order valence-corrected chi connectivity index (χ0v) is 15.5. The Morgan fingerprint density at radius 3 is 2.73 bits per heavy atom. The molecule has 0 aliphatic carbocycles. The van der Waals surface area contributed by atoms with E-state index in [2.05, 4.69) is 26.2 Å². The minimum atomic E-state index is -0.651. The van der Waals surface area contributed by atoms with Crippen LogP contribution in [0.4, 0.5) is 4.79 Å². The van der Waals surface area contributed by atoms with Crippen molar-refractivity contribution >= 4 is 35.4 Å². The van der Waals surface area contributed by atoms with E-state index in [0.717, 1.165) is 0 Å². The smallest absolute Gasteiger partial charge is 0.338 e. The summed E-state index contributed by atoms with van der Waals surface area (Å²) < 4.78 is 6.43. The van der Waals surface area contributed by atoms with Crippen molar-refractivity contribution in [2.24, 2.45) is 7.05 Å². The molecule has 2 heterocycles. The van der Waals surface area contributed by atoms with Crippen molar-refractivity contribution in [1.82, 2.24) is 30.8 Å². The number of benzene rings is 1. The number of esters is 1. The summed E-state index contributed by atoms with van der Waals surface area (Å²) in [5.74, 6) is -0.250. The molecule has 0 saturated heterocycles. The molecule has 0 bridgehead atoms. The van der Waals surface area contributed by atoms with Gasteiger partial charge < -0.3 is 15.4 Å². The molecular weight excluding hydrogens is 380 g/mol. The van der Waals surface area contributed by atoms with E-state index in [0.29, 0.717) is 27.0 Å². The molecule has 0 saturated carbocycles. The number of carbonyl (C=O) groups is 2. The van der Waals surface area contributed by atoms with E-state index in [1.54, 1.807) is 31.3 Å². The first kappa shape index (κ1) is 18.2. The molecule has 1 aromatic heterocycles. The molecule has 9 nitrogen and oxygen atoms in total. The van der Waals surface area contributed by atoms with Crippen molar-refractivity contribution < 1.29 is 14.3 Å². The SMILES string of the molecule is COC(=O)C1=C(CSc2nnnn2C)NC(=O)N[C@@H]1c1ccc(Cl)cc1. The summed E-state index contributed by atoms with van der Waals surface area (Å²) in [7, 11) is 3.00. The number of hydrogen-bond donors (Lipinski definition) is 2. The van der Waals surface area contributed by atoms with E-state index in [-0.39, 0.29) is 5.75 Å². The molecule has 136 valence electrons. The van der Waals surface area contributed by atoms with Crippen molar-refractivity contribution in [2.45, 2.75) is 11.2 Å². The number of tetrazole rings is 1. The molecule has 26 heavy (non-hydrogen) atoms. The summed E-state index contributed by atoms with van der Waals surface area (Å²) in [5, 5.41) is 17.7. The molecular formula is C15H15ClN6O3S. The topological polar surface area (TPSA) is 111 Å². The highest BCUT2D eigenvalue weighted by Crippen LogP contribution is 2.30. The van der Waals surface area contributed by atoms with E-state index in [4.69, 9.17) is 16.3 Å². The third-order valence-corrected chi connectivity index (χ3v) is 4.98. The van der Waals surface area contributed by atoms with Crippen LogP contribution in [-0.2, 0) is 16.6 Å². The minimum Gasteiger partial charge on any atom is -0.466 e. The zero-order valence-electron chi connectivity index (χ0n) is 13.9. The van der Waals surface area contributed by atoms with Crippen molar-refractivity contribution in [1.29, 1.82) is 0 Å². The average Bonchev–Trinajstić information content (AvgIpc) is 3.04. The molecule has 1 aromatic carbocycles. The van der Waals surface area contributed by atoms with E-state index in [9.17, 15) is 9.59 Å². The molecule has 1 aliphatic rings. The number of aryl methyl sites for hydroxylation is 1. The molecule has 0 radical (unpaired) electrons. The van der Waals surface area contributed by atoms with Crippen molar-refractivity contribution in [3.63, 3.8) is 0 Å². The minimum absolute atomic E-state index is 0.288. The quantitative estimate of drug-likeness (QED) is 0.583. The van der Waals surface area contributed by atoms with Gasteiger partial charge in [0.1, 0.15) is 0 Å². The van der Waals surface area contributed by atoms with Crippen LogP contribution >= 0.6 is 23.4 Å². The highest BCUT2D eigenvalue weighted by atomic mass is 35.5. The number of carbonyl (C=O) groups excluding carboxylic acids is 2. The molecule has 0 spiro atoms. The van der Waals surface area contributed by atoms with Crippen LogP contribution in [0.5, 0.6) is 0 Å². The summed E-state index contributed by atoms with van der Waals surface area (Å²) in [6, 6.07) is 5.82. The lowest BCUT2D eigenvalue weighted by Gasteiger charge is -2.29. The van der Waals surface area contributed by atoms with Crippen LogP contribution in [0, 0.1) is 0 Å². The number of aromatic nitrogens is 4. The molecule has 2 amide bonds. The van der Waals surface area contributed by atoms with Crippen LogP contribution in [0.15, 0.2) is 40.7 Å². The molecule has 1 aliphatic heterocycles. The molecule has 2 aromatic rings. The monoisotopic (exact) mass is 394 g/mol. The average molecular weight is 395 g/mol. The molecule has 0 unspecified atom stereocenters. The number of ether oxygens (including phenoxy) is 1. The third kappa shape index (κ3) is 3.81. The summed E-state index contributed by atoms with van der Waals surface area (Å²) in [5.41, 5.74) is 1.47. The highest BCUT2D eigenvalue weighted by molar-refractivity contribution is 7.99. The summed E-state index contributed by atoms with van der Waals surface area (Å²) >= 11 is 7.22. The Balaban J connectivity index is 1.97. The number of thioether (sulfide) groups is 1. The van der Waals surface area contributed by atoms with Crippen LogP contribution in [-0.4, -0.2) is 45.1 Å². The number of hydrogen-bond acceptors (Lipinski definition) is 7. The molecule has 11 heteroatoms. The maximum atomic E-state index is 12.4. The lowest BCUT2D eigenvalue weighted by Crippen LogP contribution is -2.46. The largest absolute Gasteiger partial charge is 0.466 e. The fraction of sp³-hybridized carbons (Fsp3) is 0.267. The van der Waals surface area contributed by atoms with Gasteiger partial charge >= 0.3 is 12.0 Å². The fourth-order valence-corrected chi connectivity index (χ4v) is 3.41. The van der Waals surface area contributed by atoms with Crippen LogP contribution in [0.25, 0.3) is 0 Å². The molecule has 2 N–H and O–H groups in total. The summed E-state index contributed by atoms with van der Waals surface area (Å²) in [6.45, 7) is 0. The number of urea groups is 1. The standard InChI is InChI=1S/C15H15ClN6O3S/c1-22-15(19-20-21-22)26-7-10-11(13(23)25-2)12(18-14(24)17-10)8-3-5-9(16)6-4-8/h3-6,12H,7H2,1-2H3,(H2,17,18,24)/t12-/m1/s1. The van der Waals surface area contributed by atoms with Gasteiger partial charge in [-0.05, 0) is 28.1 Å². The highest BCUT2D eigenvalue weighted by Gasteiger charge is 2.33. The number of methoxy groups -OCH3 is 1. The van der Waals surface area contributed by atoms with Crippen LogP contribution in [0.1, 0.15) is 11.6 Å². The van der Waals surface area contributed by atoms with Crippen molar-refractivity contribution in [3.05, 3.63) is 46.1 Å². The Morgan fingerprint density at radius 1 is 1.38 bits per heavy atom. The van der Waals surface area contributed by atoms with Gasteiger partial charge in [-0.2, -0.15) is 0 Å². The van der Waals surface area contributed by atoms with Gasteiger partial charge in [-0.25, -0.2) is 14.3 Å². The van der Waals surface area contributed by atoms with Crippen LogP contribution in [0.2, 0.25) is 5.02 Å². The van der Waals surface area contributed by atoms with E-state index < -0.39 is 18.0 Å². The number of rotatable bonds is 5. The second-order valence-electron chi connectivity index (χ2n) is 5.34. The van der Waals surface area contributed by atoms with Gasteiger partial charge in [-0.15, -0.1) is 5.10 Å². The van der Waals surface area contributed by atoms with Gasteiger partial charge in [0.2, 0.25) is 5.16 Å². The maximum Gasteiger partial charge on any atom is 0.338 e. The second kappa shape index (κ2) is 7.75. The Labute approximate surface area is 158 Å². The lowest BCUT2D eigenvalue weighted by molar-refractivity contribution is -0.136. The number of nitrogens with one attached hydrogen (secondary N) is 2. The van der Waals surface area contributed by atoms with Gasteiger partial charge in [0.15, 0.2) is 0 Å². The van der Waals surface area contributed by atoms with Gasteiger partial charge in [-0.1, -0.05) is 35.5 Å². The predicted octanol–water partition coefficient (Wildman–Crippen LogP) is 1.44. The van der Waals surface area contributed by atoms with Crippen molar-refractivity contribution in [3.8, 4) is 0 Å². The number of amides is 2. The zero-order chi connectivity index (χ0) is 18.7. The Bertz CT molecular complexity index is 867. The van der Waals surface area contributed by atoms with Gasteiger partial charge in [-0.3, -0.25) is 0 Å². The third-order valence-electron chi connectivity index (χ3n) is 3.69. The summed E-state index contributed by atoms with van der Waals surface area (Å²) in [4.78, 5) is 24.5. The van der Waals surface area contributed by atoms with Gasteiger partial charge in [0.25, 0.3) is 0 Å². The molecule has 3 rings (SSSR count). The first-order valence-electron chi connectivity index (χ1n) is 7.49. The number of halogens is 1. The first-order valence-corrected chi connectivity index (χ1v) is 8.85. The second-order valence-corrected chi connectivity index (χ2v) is 6.72. The lowest BCUT2D eigenvalue weighted by atomic mass is 9.95. The first-order chi connectivity index (χ1) is 12.5. The normalized spacial score (nSPS) is 16.9. The van der Waals surface area contributed by atoms with Gasteiger partial charge in [0, 0.05) is 23.5 Å². The molecule has 1 atom stereocenters. The summed E-state index contributed by atoms with van der Waals surface area (Å²) in [6.07, 6.45) is 0. The van der Waals surface area contributed by atoms with E-state index >= 15 is 0 Å².